The zero-order valence-electron chi connectivity index (χ0n) is 13.1. The molecule has 0 amide bonds. The number of hydrogen-bond acceptors (Lipinski definition) is 4. The molecular weight excluding hydrogens is 383 g/mol. The highest BCUT2D eigenvalue weighted by Crippen LogP contribution is 2.26. The Morgan fingerprint density at radius 1 is 1.12 bits per heavy atom. The van der Waals surface area contributed by atoms with E-state index in [1.54, 1.807) is 17.9 Å². The standard InChI is InChI=1S/C16H14Cl2N4O2S/c1-11(12-2-5-14(6-3-12)22-10-19-9-20-22)21-25(23,24)16-8-13(17)4-7-15(16)18/h2-11,21H,1H3/t11-/m1/s1. The number of benzene rings is 2. The summed E-state index contributed by atoms with van der Waals surface area (Å²) in [6, 6.07) is 11.2. The Labute approximate surface area is 155 Å². The molecule has 0 saturated carbocycles. The third-order valence-corrected chi connectivity index (χ3v) is 5.85. The lowest BCUT2D eigenvalue weighted by atomic mass is 10.1. The van der Waals surface area contributed by atoms with Gasteiger partial charge in [-0.3, -0.25) is 0 Å². The summed E-state index contributed by atoms with van der Waals surface area (Å²) in [7, 11) is -3.81. The molecule has 0 spiro atoms. The van der Waals surface area contributed by atoms with E-state index in [4.69, 9.17) is 23.2 Å². The van der Waals surface area contributed by atoms with E-state index >= 15 is 0 Å². The molecule has 3 rings (SSSR count). The van der Waals surface area contributed by atoms with Gasteiger partial charge in [-0.15, -0.1) is 0 Å². The zero-order valence-corrected chi connectivity index (χ0v) is 15.4. The maximum atomic E-state index is 12.6. The Morgan fingerprint density at radius 3 is 2.48 bits per heavy atom. The molecular formula is C16H14Cl2N4O2S. The fraction of sp³-hybridized carbons (Fsp3) is 0.125. The van der Waals surface area contributed by atoms with E-state index in [1.165, 1.54) is 24.5 Å². The Bertz CT molecular complexity index is 974. The molecule has 6 nitrogen and oxygen atoms in total. The van der Waals surface area contributed by atoms with Gasteiger partial charge in [-0.1, -0.05) is 35.3 Å². The van der Waals surface area contributed by atoms with Crippen LogP contribution in [0.15, 0.2) is 60.0 Å². The van der Waals surface area contributed by atoms with Crippen molar-refractivity contribution in [2.75, 3.05) is 0 Å². The summed E-state index contributed by atoms with van der Waals surface area (Å²) >= 11 is 11.9. The van der Waals surface area contributed by atoms with Crippen LogP contribution >= 0.6 is 23.2 Å². The van der Waals surface area contributed by atoms with Gasteiger partial charge in [-0.05, 0) is 42.8 Å². The molecule has 130 valence electrons. The molecule has 0 radical (unpaired) electrons. The third kappa shape index (κ3) is 4.01. The zero-order chi connectivity index (χ0) is 18.0. The molecule has 0 aliphatic heterocycles. The first-order valence-electron chi connectivity index (χ1n) is 7.29. The highest BCUT2D eigenvalue weighted by molar-refractivity contribution is 7.89. The summed E-state index contributed by atoms with van der Waals surface area (Å²) in [6.07, 6.45) is 3.03. The van der Waals surface area contributed by atoms with Gasteiger partial charge < -0.3 is 0 Å². The van der Waals surface area contributed by atoms with Gasteiger partial charge >= 0.3 is 0 Å². The van der Waals surface area contributed by atoms with E-state index in [0.29, 0.717) is 5.02 Å². The van der Waals surface area contributed by atoms with Crippen molar-refractivity contribution >= 4 is 33.2 Å². The molecule has 1 heterocycles. The molecule has 0 fully saturated rings. The second-order valence-corrected chi connectivity index (χ2v) is 7.88. The van der Waals surface area contributed by atoms with E-state index in [9.17, 15) is 8.42 Å². The average molecular weight is 397 g/mol. The van der Waals surface area contributed by atoms with Crippen LogP contribution in [0.4, 0.5) is 0 Å². The second kappa shape index (κ2) is 7.13. The van der Waals surface area contributed by atoms with Gasteiger partial charge in [0.15, 0.2) is 0 Å². The van der Waals surface area contributed by atoms with Crippen molar-refractivity contribution in [3.8, 4) is 5.69 Å². The van der Waals surface area contributed by atoms with Crippen LogP contribution in [0.5, 0.6) is 0 Å². The number of aromatic nitrogens is 3. The Hall–Kier alpha value is -1.93. The van der Waals surface area contributed by atoms with Crippen molar-refractivity contribution in [1.82, 2.24) is 19.5 Å². The molecule has 0 aliphatic rings. The van der Waals surface area contributed by atoms with Crippen LogP contribution < -0.4 is 4.72 Å². The van der Waals surface area contributed by atoms with Gasteiger partial charge in [0.25, 0.3) is 0 Å². The van der Waals surface area contributed by atoms with Crippen LogP contribution in [0.2, 0.25) is 10.0 Å². The third-order valence-electron chi connectivity index (χ3n) is 3.59. The first kappa shape index (κ1) is 17.9. The van der Waals surface area contributed by atoms with Crippen LogP contribution in [-0.2, 0) is 10.0 Å². The summed E-state index contributed by atoms with van der Waals surface area (Å²) in [5, 5.41) is 4.46. The van der Waals surface area contributed by atoms with Gasteiger partial charge in [0.1, 0.15) is 17.6 Å². The highest BCUT2D eigenvalue weighted by Gasteiger charge is 2.21. The fourth-order valence-corrected chi connectivity index (χ4v) is 4.30. The van der Waals surface area contributed by atoms with Gasteiger partial charge in [0.2, 0.25) is 10.0 Å². The van der Waals surface area contributed by atoms with E-state index in [2.05, 4.69) is 14.8 Å². The summed E-state index contributed by atoms with van der Waals surface area (Å²) in [5.41, 5.74) is 1.62. The van der Waals surface area contributed by atoms with Crippen molar-refractivity contribution in [2.24, 2.45) is 0 Å². The molecule has 1 atom stereocenters. The minimum absolute atomic E-state index is 0.0484. The topological polar surface area (TPSA) is 76.9 Å². The summed E-state index contributed by atoms with van der Waals surface area (Å²) < 4.78 is 29.4. The first-order valence-corrected chi connectivity index (χ1v) is 9.53. The molecule has 25 heavy (non-hydrogen) atoms. The van der Waals surface area contributed by atoms with Crippen LogP contribution in [0.1, 0.15) is 18.5 Å². The number of nitrogens with zero attached hydrogens (tertiary/aromatic N) is 3. The summed E-state index contributed by atoms with van der Waals surface area (Å²) in [4.78, 5) is 3.84. The number of hydrogen-bond donors (Lipinski definition) is 1. The van der Waals surface area contributed by atoms with Gasteiger partial charge in [-0.25, -0.2) is 22.8 Å². The SMILES string of the molecule is C[C@@H](NS(=O)(=O)c1cc(Cl)ccc1Cl)c1ccc(-n2cncn2)cc1. The van der Waals surface area contributed by atoms with Gasteiger partial charge in [-0.2, -0.15) is 5.10 Å². The maximum absolute atomic E-state index is 12.6. The van der Waals surface area contributed by atoms with E-state index in [1.807, 2.05) is 24.3 Å². The lowest BCUT2D eigenvalue weighted by molar-refractivity contribution is 0.567. The Morgan fingerprint density at radius 2 is 1.84 bits per heavy atom. The number of rotatable bonds is 5. The molecule has 1 N–H and O–H groups in total. The average Bonchev–Trinajstić information content (AvgIpc) is 3.11. The predicted molar refractivity (Wildman–Crippen MR) is 96.6 cm³/mol. The van der Waals surface area contributed by atoms with Crippen LogP contribution in [0.25, 0.3) is 5.69 Å². The minimum atomic E-state index is -3.81. The van der Waals surface area contributed by atoms with Crippen LogP contribution in [-0.4, -0.2) is 23.2 Å². The van der Waals surface area contributed by atoms with Gasteiger partial charge in [0.05, 0.1) is 10.7 Å². The highest BCUT2D eigenvalue weighted by atomic mass is 35.5. The van der Waals surface area contributed by atoms with Crippen LogP contribution in [0, 0.1) is 0 Å². The molecule has 2 aromatic carbocycles. The van der Waals surface area contributed by atoms with Crippen molar-refractivity contribution in [3.63, 3.8) is 0 Å². The number of sulfonamides is 1. The van der Waals surface area contributed by atoms with Crippen molar-refractivity contribution in [2.45, 2.75) is 17.9 Å². The van der Waals surface area contributed by atoms with Crippen LogP contribution in [0.3, 0.4) is 0 Å². The van der Waals surface area contributed by atoms with Crippen molar-refractivity contribution < 1.29 is 8.42 Å². The number of nitrogens with one attached hydrogen (secondary N) is 1. The van der Waals surface area contributed by atoms with E-state index in [0.717, 1.165) is 11.3 Å². The Kier molecular flexibility index (Phi) is 5.10. The van der Waals surface area contributed by atoms with Crippen molar-refractivity contribution in [1.29, 1.82) is 0 Å². The van der Waals surface area contributed by atoms with Crippen molar-refractivity contribution in [3.05, 3.63) is 70.7 Å². The minimum Gasteiger partial charge on any atom is -0.223 e. The maximum Gasteiger partial charge on any atom is 0.242 e. The lowest BCUT2D eigenvalue weighted by Gasteiger charge is -2.16. The molecule has 0 aliphatic carbocycles. The normalized spacial score (nSPS) is 12.9. The molecule has 0 unspecified atom stereocenters. The Balaban J connectivity index is 1.81. The predicted octanol–water partition coefficient (Wildman–Crippen LogP) is 3.61. The first-order chi connectivity index (χ1) is 11.9. The van der Waals surface area contributed by atoms with E-state index in [-0.39, 0.29) is 9.92 Å². The quantitative estimate of drug-likeness (QED) is 0.714. The molecule has 0 saturated heterocycles. The molecule has 0 bridgehead atoms. The number of halogens is 2. The van der Waals surface area contributed by atoms with Gasteiger partial charge in [0, 0.05) is 11.1 Å². The molecule has 1 aromatic heterocycles. The summed E-state index contributed by atoms with van der Waals surface area (Å²) in [6.45, 7) is 1.75. The second-order valence-electron chi connectivity index (χ2n) is 5.35. The fourth-order valence-electron chi connectivity index (χ4n) is 2.30. The lowest BCUT2D eigenvalue weighted by Crippen LogP contribution is -2.27. The molecule has 3 aromatic rings. The molecule has 9 heteroatoms. The monoisotopic (exact) mass is 396 g/mol. The summed E-state index contributed by atoms with van der Waals surface area (Å²) in [5.74, 6) is 0. The largest absolute Gasteiger partial charge is 0.242 e. The smallest absolute Gasteiger partial charge is 0.223 e. The van der Waals surface area contributed by atoms with E-state index < -0.39 is 16.1 Å².